The van der Waals surface area contributed by atoms with E-state index < -0.39 is 0 Å². The molecule has 0 bridgehead atoms. The van der Waals surface area contributed by atoms with Crippen LogP contribution in [0.4, 0.5) is 5.69 Å². The van der Waals surface area contributed by atoms with Crippen LogP contribution in [0.5, 0.6) is 0 Å². The van der Waals surface area contributed by atoms with Gasteiger partial charge in [0, 0.05) is 62.0 Å². The Balaban J connectivity index is 1.44. The molecule has 0 saturated heterocycles. The van der Waals surface area contributed by atoms with Crippen LogP contribution in [-0.4, -0.2) is 46.1 Å². The molecule has 0 radical (unpaired) electrons. The Bertz CT molecular complexity index is 1470. The zero-order valence-electron chi connectivity index (χ0n) is 26.3. The normalized spacial score (nSPS) is 27.0. The van der Waals surface area contributed by atoms with Crippen molar-refractivity contribution < 1.29 is 13.8 Å². The molecule has 6 rings (SSSR count). The number of rotatable bonds is 6. The minimum absolute atomic E-state index is 0.107. The van der Waals surface area contributed by atoms with E-state index in [1.165, 1.54) is 50.6 Å². The Morgan fingerprint density at radius 1 is 1.20 bits per heavy atom. The van der Waals surface area contributed by atoms with Crippen LogP contribution >= 0.6 is 9.47 Å². The van der Waals surface area contributed by atoms with Gasteiger partial charge in [-0.1, -0.05) is 45.6 Å². The van der Waals surface area contributed by atoms with E-state index in [-0.39, 0.29) is 28.6 Å². The summed E-state index contributed by atoms with van der Waals surface area (Å²) in [4.78, 5) is 2.52. The molecule has 4 nitrogen and oxygen atoms in total. The summed E-state index contributed by atoms with van der Waals surface area (Å²) < 4.78 is 15.3. The molecule has 0 amide bonds. The van der Waals surface area contributed by atoms with Gasteiger partial charge < -0.3 is 14.2 Å². The van der Waals surface area contributed by atoms with Crippen LogP contribution in [0, 0.1) is 5.41 Å². The number of ether oxygens (including phenoxy) is 1. The molecule has 41 heavy (non-hydrogen) atoms. The maximum Gasteiger partial charge on any atom is 0.209 e. The second-order valence-corrected chi connectivity index (χ2v) is 14.5. The Morgan fingerprint density at radius 2 is 1.95 bits per heavy atom. The van der Waals surface area contributed by atoms with E-state index in [4.69, 9.17) is 9.26 Å². The van der Waals surface area contributed by atoms with Crippen LogP contribution in [0.3, 0.4) is 0 Å². The minimum Gasteiger partial charge on any atom is -0.365 e. The van der Waals surface area contributed by atoms with Crippen molar-refractivity contribution in [3.05, 3.63) is 88.3 Å². The Hall–Kier alpha value is -2.26. The van der Waals surface area contributed by atoms with E-state index in [1.54, 1.807) is 0 Å². The van der Waals surface area contributed by atoms with Gasteiger partial charge in [-0.05, 0) is 82.7 Å². The fourth-order valence-corrected chi connectivity index (χ4v) is 8.49. The Labute approximate surface area is 249 Å². The zero-order chi connectivity index (χ0) is 29.5. The summed E-state index contributed by atoms with van der Waals surface area (Å²) in [7, 11) is 2.45. The summed E-state index contributed by atoms with van der Waals surface area (Å²) in [5.74, 6) is 0.405. The first kappa shape index (κ1) is 28.8. The first-order valence-electron chi connectivity index (χ1n) is 15.4. The lowest BCUT2D eigenvalue weighted by Crippen LogP contribution is -2.47. The molecule has 1 aromatic rings. The molecule has 5 aliphatic rings. The van der Waals surface area contributed by atoms with Crippen molar-refractivity contribution in [2.24, 2.45) is 5.41 Å². The van der Waals surface area contributed by atoms with E-state index in [0.29, 0.717) is 5.92 Å². The highest BCUT2D eigenvalue weighted by molar-refractivity contribution is 7.09. The number of allylic oxidation sites excluding steroid dienone is 4. The van der Waals surface area contributed by atoms with Crippen LogP contribution < -0.4 is 0 Å². The van der Waals surface area contributed by atoms with Gasteiger partial charge in [0.1, 0.15) is 0 Å². The highest BCUT2D eigenvalue weighted by Gasteiger charge is 2.54. The molecule has 1 aromatic carbocycles. The molecule has 0 aliphatic carbocycles. The molecule has 4 unspecified atom stereocenters. The van der Waals surface area contributed by atoms with Gasteiger partial charge in [0.25, 0.3) is 0 Å². The van der Waals surface area contributed by atoms with E-state index in [0.717, 1.165) is 32.4 Å². The molecular formula is C36H48N2O2P+. The Kier molecular flexibility index (Phi) is 6.96. The average Bonchev–Trinajstić information content (AvgIpc) is 3.30. The topological polar surface area (TPSA) is 24.7 Å². The maximum absolute atomic E-state index is 7.01. The third kappa shape index (κ3) is 4.31. The summed E-state index contributed by atoms with van der Waals surface area (Å²) in [5.41, 5.74) is 11.9. The van der Waals surface area contributed by atoms with Gasteiger partial charge in [0.15, 0.2) is 12.3 Å². The molecule has 5 heterocycles. The SMILES string of the molecule is C=CC1=C(/C=C\C)C(C)(C)C2=C3C=C4C5=[N+](CCC4OC3CCN12)c1ccc(C(C)CC(C)(C)OP)cc1C5(C)C. The smallest absolute Gasteiger partial charge is 0.209 e. The standard InChI is InChI=1S/C36H48N2O2P/c1-10-12-26-28(11-2)37-17-15-30-24(32(37)35(26,6)7)20-25-31(39-30)16-18-38-29-14-13-23(22(3)21-34(4,5)40-41)19-27(29)36(8,9)33(25)38/h10-14,19-20,22,30-31H,2,15-18,21,41H2,1,3-9H3/q+1/b12-10-. The van der Waals surface area contributed by atoms with Gasteiger partial charge in [-0.2, -0.15) is 4.58 Å². The van der Waals surface area contributed by atoms with Gasteiger partial charge >= 0.3 is 0 Å². The molecule has 5 heteroatoms. The lowest BCUT2D eigenvalue weighted by molar-refractivity contribution is -0.445. The van der Waals surface area contributed by atoms with Gasteiger partial charge in [0.05, 0.1) is 23.2 Å². The molecule has 4 atom stereocenters. The summed E-state index contributed by atoms with van der Waals surface area (Å²) in [6.45, 7) is 24.5. The molecule has 0 fully saturated rings. The van der Waals surface area contributed by atoms with E-state index in [2.05, 4.69) is 117 Å². The summed E-state index contributed by atoms with van der Waals surface area (Å²) >= 11 is 0. The summed E-state index contributed by atoms with van der Waals surface area (Å²) in [6.07, 6.45) is 12.3. The largest absolute Gasteiger partial charge is 0.365 e. The lowest BCUT2D eigenvalue weighted by atomic mass is 9.73. The van der Waals surface area contributed by atoms with Crippen molar-refractivity contribution in [3.8, 4) is 0 Å². The van der Waals surface area contributed by atoms with E-state index in [1.807, 2.05) is 6.08 Å². The molecule has 0 N–H and O–H groups in total. The summed E-state index contributed by atoms with van der Waals surface area (Å²) in [6, 6.07) is 7.18. The van der Waals surface area contributed by atoms with Gasteiger partial charge in [-0.15, -0.1) is 0 Å². The number of hydrogen-bond acceptors (Lipinski definition) is 3. The monoisotopic (exact) mass is 571 g/mol. The van der Waals surface area contributed by atoms with Crippen LogP contribution in [0.15, 0.2) is 77.2 Å². The second-order valence-electron chi connectivity index (χ2n) is 14.3. The van der Waals surface area contributed by atoms with Crippen molar-refractivity contribution >= 4 is 20.9 Å². The number of hydrogen-bond donors (Lipinski definition) is 0. The van der Waals surface area contributed by atoms with Crippen molar-refractivity contribution in [2.75, 3.05) is 13.1 Å². The minimum atomic E-state index is -0.178. The zero-order valence-corrected chi connectivity index (χ0v) is 27.5. The van der Waals surface area contributed by atoms with Gasteiger partial charge in [-0.3, -0.25) is 0 Å². The van der Waals surface area contributed by atoms with E-state index in [9.17, 15) is 0 Å². The van der Waals surface area contributed by atoms with Crippen molar-refractivity contribution in [1.82, 2.24) is 4.90 Å². The van der Waals surface area contributed by atoms with Crippen molar-refractivity contribution in [3.63, 3.8) is 0 Å². The molecule has 0 spiro atoms. The van der Waals surface area contributed by atoms with Gasteiger partial charge in [-0.25, -0.2) is 0 Å². The molecule has 0 saturated carbocycles. The molecule has 218 valence electrons. The third-order valence-electron chi connectivity index (χ3n) is 10.3. The van der Waals surface area contributed by atoms with E-state index >= 15 is 0 Å². The highest BCUT2D eigenvalue weighted by atomic mass is 31.0. The number of nitrogens with zero attached hydrogens (tertiary/aromatic N) is 2. The highest BCUT2D eigenvalue weighted by Crippen LogP contribution is 2.54. The first-order valence-corrected chi connectivity index (χ1v) is 15.9. The lowest BCUT2D eigenvalue weighted by Gasteiger charge is -2.43. The quantitative estimate of drug-likeness (QED) is 0.254. The number of fused-ring (bicyclic) bond motifs is 6. The molecular weight excluding hydrogens is 523 g/mol. The average molecular weight is 572 g/mol. The van der Waals surface area contributed by atoms with Crippen molar-refractivity contribution in [1.29, 1.82) is 0 Å². The second kappa shape index (κ2) is 9.90. The maximum atomic E-state index is 7.01. The van der Waals surface area contributed by atoms with Crippen LogP contribution in [0.2, 0.25) is 0 Å². The van der Waals surface area contributed by atoms with Crippen molar-refractivity contribution in [2.45, 2.75) is 104 Å². The third-order valence-corrected chi connectivity index (χ3v) is 10.9. The Morgan fingerprint density at radius 3 is 2.63 bits per heavy atom. The molecule has 0 aromatic heterocycles. The van der Waals surface area contributed by atoms with Gasteiger partial charge in [0.2, 0.25) is 5.69 Å². The van der Waals surface area contributed by atoms with Crippen LogP contribution in [-0.2, 0) is 14.7 Å². The fourth-order valence-electron chi connectivity index (χ4n) is 8.39. The predicted octanol–water partition coefficient (Wildman–Crippen LogP) is 8.26. The van der Waals surface area contributed by atoms with Crippen LogP contribution in [0.1, 0.15) is 91.7 Å². The number of benzene rings is 1. The molecule has 5 aliphatic heterocycles. The van der Waals surface area contributed by atoms with Crippen LogP contribution in [0.25, 0.3) is 0 Å². The predicted molar refractivity (Wildman–Crippen MR) is 173 cm³/mol. The fraction of sp³-hybridized carbons (Fsp3) is 0.528. The first-order chi connectivity index (χ1) is 19.4. The summed E-state index contributed by atoms with van der Waals surface area (Å²) in [5, 5.41) is 0.